The smallest absolute Gasteiger partial charge is 0.263 e. The second kappa shape index (κ2) is 6.28. The van der Waals surface area contributed by atoms with Crippen molar-refractivity contribution in [1.29, 1.82) is 0 Å². The summed E-state index contributed by atoms with van der Waals surface area (Å²) in [5.74, 6) is 0.105. The van der Waals surface area contributed by atoms with Crippen LogP contribution < -0.4 is 5.56 Å². The standard InChI is InChI=1S/C19H23N3O3/c1-20-8-13-9-22(15(10-20)12-25-11-13)19(24)16-7-14-5-3-4-6-17(14)21(2)18(16)23/h3-7,13,15H,8-12H2,1-2H3/t13-,15-/m0/s1. The Hall–Kier alpha value is -2.18. The number of nitrogens with zero attached hydrogens (tertiary/aromatic N) is 3. The monoisotopic (exact) mass is 341 g/mol. The first-order chi connectivity index (χ1) is 12.0. The maximum absolute atomic E-state index is 13.3. The lowest BCUT2D eigenvalue weighted by molar-refractivity contribution is 0.0482. The number of aromatic nitrogens is 1. The van der Waals surface area contributed by atoms with Gasteiger partial charge in [0.15, 0.2) is 0 Å². The van der Waals surface area contributed by atoms with Crippen LogP contribution in [-0.4, -0.2) is 66.2 Å². The number of likely N-dealkylation sites (N-methyl/N-ethyl adjacent to an activating group) is 1. The van der Waals surface area contributed by atoms with E-state index < -0.39 is 0 Å². The summed E-state index contributed by atoms with van der Waals surface area (Å²) in [5.41, 5.74) is 0.842. The molecule has 2 atom stereocenters. The summed E-state index contributed by atoms with van der Waals surface area (Å²) < 4.78 is 7.31. The molecule has 0 radical (unpaired) electrons. The lowest BCUT2D eigenvalue weighted by atomic mass is 10.1. The predicted octanol–water partition coefficient (Wildman–Crippen LogP) is 0.941. The van der Waals surface area contributed by atoms with Gasteiger partial charge in [-0.3, -0.25) is 9.59 Å². The van der Waals surface area contributed by atoms with Crippen molar-refractivity contribution in [2.75, 3.05) is 39.9 Å². The minimum absolute atomic E-state index is 0.0128. The van der Waals surface area contributed by atoms with Crippen molar-refractivity contribution < 1.29 is 9.53 Å². The van der Waals surface area contributed by atoms with Crippen molar-refractivity contribution >= 4 is 16.8 Å². The Balaban J connectivity index is 1.77. The van der Waals surface area contributed by atoms with E-state index in [4.69, 9.17) is 4.74 Å². The van der Waals surface area contributed by atoms with Gasteiger partial charge in [-0.05, 0) is 24.6 Å². The summed E-state index contributed by atoms with van der Waals surface area (Å²) in [6.45, 7) is 3.52. The first-order valence-corrected chi connectivity index (χ1v) is 8.70. The lowest BCUT2D eigenvalue weighted by Crippen LogP contribution is -2.47. The van der Waals surface area contributed by atoms with Crippen molar-refractivity contribution in [3.8, 4) is 0 Å². The van der Waals surface area contributed by atoms with Gasteiger partial charge in [0.2, 0.25) is 0 Å². The van der Waals surface area contributed by atoms with Gasteiger partial charge in [0.05, 0.1) is 24.8 Å². The van der Waals surface area contributed by atoms with Crippen molar-refractivity contribution in [3.05, 3.63) is 46.2 Å². The molecule has 2 aliphatic rings. The van der Waals surface area contributed by atoms with Crippen LogP contribution in [0, 0.1) is 5.92 Å². The van der Waals surface area contributed by atoms with Crippen LogP contribution in [0.5, 0.6) is 0 Å². The number of ether oxygens (including phenoxy) is 1. The summed E-state index contributed by atoms with van der Waals surface area (Å²) in [6.07, 6.45) is 0. The number of para-hydroxylation sites is 1. The molecule has 2 fully saturated rings. The number of benzene rings is 1. The molecule has 2 saturated heterocycles. The maximum atomic E-state index is 13.3. The van der Waals surface area contributed by atoms with Crippen LogP contribution in [0.1, 0.15) is 10.4 Å². The highest BCUT2D eigenvalue weighted by Gasteiger charge is 2.36. The van der Waals surface area contributed by atoms with E-state index in [1.165, 1.54) is 0 Å². The van der Waals surface area contributed by atoms with Crippen molar-refractivity contribution in [3.63, 3.8) is 0 Å². The normalized spacial score (nSPS) is 24.3. The number of rotatable bonds is 1. The minimum atomic E-state index is -0.239. The van der Waals surface area contributed by atoms with Crippen molar-refractivity contribution in [1.82, 2.24) is 14.4 Å². The number of hydrogen-bond donors (Lipinski definition) is 0. The first kappa shape index (κ1) is 16.3. The number of pyridine rings is 1. The van der Waals surface area contributed by atoms with Gasteiger partial charge >= 0.3 is 0 Å². The topological polar surface area (TPSA) is 54.8 Å². The number of fused-ring (bicyclic) bond motifs is 4. The van der Waals surface area contributed by atoms with E-state index in [1.54, 1.807) is 17.7 Å². The minimum Gasteiger partial charge on any atom is -0.379 e. The molecule has 3 heterocycles. The van der Waals surface area contributed by atoms with Gasteiger partial charge in [-0.1, -0.05) is 18.2 Å². The van der Waals surface area contributed by atoms with Gasteiger partial charge in [-0.2, -0.15) is 0 Å². The summed E-state index contributed by atoms with van der Waals surface area (Å²) >= 11 is 0. The Morgan fingerprint density at radius 2 is 1.92 bits per heavy atom. The summed E-state index contributed by atoms with van der Waals surface area (Å²) in [5, 5.41) is 0.902. The molecule has 25 heavy (non-hydrogen) atoms. The molecular weight excluding hydrogens is 318 g/mol. The first-order valence-electron chi connectivity index (χ1n) is 8.70. The number of amides is 1. The Morgan fingerprint density at radius 3 is 2.76 bits per heavy atom. The van der Waals surface area contributed by atoms with E-state index in [0.29, 0.717) is 19.8 Å². The van der Waals surface area contributed by atoms with Gasteiger partial charge in [0.25, 0.3) is 11.5 Å². The van der Waals surface area contributed by atoms with Crippen LogP contribution in [-0.2, 0) is 11.8 Å². The molecule has 2 bridgehead atoms. The molecule has 0 saturated carbocycles. The molecule has 2 aliphatic heterocycles. The Bertz CT molecular complexity index is 876. The third-order valence-corrected chi connectivity index (χ3v) is 5.28. The quantitative estimate of drug-likeness (QED) is 0.775. The fourth-order valence-electron chi connectivity index (χ4n) is 4.06. The summed E-state index contributed by atoms with van der Waals surface area (Å²) in [7, 11) is 3.80. The van der Waals surface area contributed by atoms with Gasteiger partial charge in [-0.25, -0.2) is 0 Å². The molecule has 0 unspecified atom stereocenters. The molecule has 6 heteroatoms. The van der Waals surface area contributed by atoms with Gasteiger partial charge < -0.3 is 19.1 Å². The zero-order chi connectivity index (χ0) is 17.6. The Kier molecular flexibility index (Phi) is 4.09. The van der Waals surface area contributed by atoms with Crippen LogP contribution in [0.4, 0.5) is 0 Å². The van der Waals surface area contributed by atoms with E-state index in [2.05, 4.69) is 11.9 Å². The molecule has 0 spiro atoms. The van der Waals surface area contributed by atoms with Gasteiger partial charge in [-0.15, -0.1) is 0 Å². The van der Waals surface area contributed by atoms with Gasteiger partial charge in [0, 0.05) is 32.6 Å². The third kappa shape index (κ3) is 2.85. The number of aryl methyl sites for hydroxylation is 1. The highest BCUT2D eigenvalue weighted by atomic mass is 16.5. The zero-order valence-electron chi connectivity index (χ0n) is 14.6. The Labute approximate surface area is 146 Å². The molecule has 1 aromatic heterocycles. The average Bonchev–Trinajstić information content (AvgIpc) is 2.87. The Morgan fingerprint density at radius 1 is 1.12 bits per heavy atom. The molecule has 2 aromatic rings. The summed E-state index contributed by atoms with van der Waals surface area (Å²) in [4.78, 5) is 30.1. The molecule has 1 amide bonds. The highest BCUT2D eigenvalue weighted by Crippen LogP contribution is 2.21. The average molecular weight is 341 g/mol. The zero-order valence-corrected chi connectivity index (χ0v) is 14.6. The number of carbonyl (C=O) groups is 1. The molecule has 6 nitrogen and oxygen atoms in total. The van der Waals surface area contributed by atoms with E-state index in [-0.39, 0.29) is 29.0 Å². The fraction of sp³-hybridized carbons (Fsp3) is 0.474. The molecule has 0 aliphatic carbocycles. The van der Waals surface area contributed by atoms with Crippen LogP contribution in [0.25, 0.3) is 10.9 Å². The third-order valence-electron chi connectivity index (χ3n) is 5.28. The summed E-state index contributed by atoms with van der Waals surface area (Å²) in [6, 6.07) is 9.37. The predicted molar refractivity (Wildman–Crippen MR) is 95.8 cm³/mol. The van der Waals surface area contributed by atoms with E-state index in [1.807, 2.05) is 29.2 Å². The van der Waals surface area contributed by atoms with Crippen LogP contribution in [0.3, 0.4) is 0 Å². The van der Waals surface area contributed by atoms with E-state index >= 15 is 0 Å². The van der Waals surface area contributed by atoms with Crippen molar-refractivity contribution in [2.45, 2.75) is 6.04 Å². The number of carbonyl (C=O) groups excluding carboxylic acids is 1. The SMILES string of the molecule is CN1C[C@@H]2COC[C@H](C1)N(C(=O)c1cc3ccccc3n(C)c1=O)C2. The molecule has 132 valence electrons. The molecule has 1 aromatic carbocycles. The highest BCUT2D eigenvalue weighted by molar-refractivity contribution is 5.97. The van der Waals surface area contributed by atoms with Gasteiger partial charge in [0.1, 0.15) is 5.56 Å². The van der Waals surface area contributed by atoms with Crippen molar-refractivity contribution in [2.24, 2.45) is 13.0 Å². The van der Waals surface area contributed by atoms with Crippen LogP contribution in [0.2, 0.25) is 0 Å². The fourth-order valence-corrected chi connectivity index (χ4v) is 4.06. The molecule has 4 rings (SSSR count). The van der Waals surface area contributed by atoms with Crippen LogP contribution in [0.15, 0.2) is 35.1 Å². The lowest BCUT2D eigenvalue weighted by Gasteiger charge is -2.29. The molecule has 0 N–H and O–H groups in total. The molecular formula is C19H23N3O3. The largest absolute Gasteiger partial charge is 0.379 e. The number of hydrogen-bond acceptors (Lipinski definition) is 4. The maximum Gasteiger partial charge on any atom is 0.263 e. The van der Waals surface area contributed by atoms with Crippen LogP contribution >= 0.6 is 0 Å². The second-order valence-electron chi connectivity index (χ2n) is 7.22. The van der Waals surface area contributed by atoms with E-state index in [9.17, 15) is 9.59 Å². The van der Waals surface area contributed by atoms with E-state index in [0.717, 1.165) is 24.0 Å². The second-order valence-corrected chi connectivity index (χ2v) is 7.22.